The van der Waals surface area contributed by atoms with Crippen molar-refractivity contribution in [2.45, 2.75) is 32.7 Å². The molecule has 3 N–H and O–H groups in total. The van der Waals surface area contributed by atoms with Crippen LogP contribution in [-0.4, -0.2) is 25.7 Å². The van der Waals surface area contributed by atoms with E-state index in [0.29, 0.717) is 25.0 Å². The largest absolute Gasteiger partial charge is 0.493 e. The smallest absolute Gasteiger partial charge is 0.189 e. The Balaban J connectivity index is 1.49. The van der Waals surface area contributed by atoms with Crippen LogP contribution in [0.5, 0.6) is 11.5 Å². The first-order valence-electron chi connectivity index (χ1n) is 9.61. The maximum absolute atomic E-state index is 6.10. The summed E-state index contributed by atoms with van der Waals surface area (Å²) >= 11 is 0. The van der Waals surface area contributed by atoms with Gasteiger partial charge in [0, 0.05) is 18.5 Å². The molecule has 0 aromatic heterocycles. The minimum Gasteiger partial charge on any atom is -0.493 e. The van der Waals surface area contributed by atoms with E-state index in [1.807, 2.05) is 30.3 Å². The monoisotopic (exact) mass is 367 g/mol. The van der Waals surface area contributed by atoms with Gasteiger partial charge in [-0.1, -0.05) is 44.2 Å². The van der Waals surface area contributed by atoms with Gasteiger partial charge >= 0.3 is 0 Å². The maximum atomic E-state index is 6.10. The van der Waals surface area contributed by atoms with Crippen LogP contribution >= 0.6 is 0 Å². The number of ether oxygens (including phenoxy) is 2. The molecule has 2 aromatic carbocycles. The molecule has 0 saturated heterocycles. The summed E-state index contributed by atoms with van der Waals surface area (Å²) in [6.07, 6.45) is 1.72. The minimum atomic E-state index is 0.149. The number of nitrogens with two attached hydrogens (primary N) is 1. The molecule has 1 unspecified atom stereocenters. The number of nitrogens with zero attached hydrogens (tertiary/aromatic N) is 1. The van der Waals surface area contributed by atoms with E-state index in [2.05, 4.69) is 42.4 Å². The van der Waals surface area contributed by atoms with Crippen molar-refractivity contribution in [2.24, 2.45) is 16.6 Å². The summed E-state index contributed by atoms with van der Waals surface area (Å²) in [4.78, 5) is 4.48. The summed E-state index contributed by atoms with van der Waals surface area (Å²) in [6, 6.07) is 16.4. The van der Waals surface area contributed by atoms with E-state index in [1.165, 1.54) is 5.56 Å². The molecule has 0 aliphatic carbocycles. The molecule has 0 fully saturated rings. The first-order valence-corrected chi connectivity index (χ1v) is 9.61. The van der Waals surface area contributed by atoms with Gasteiger partial charge in [-0.25, -0.2) is 0 Å². The van der Waals surface area contributed by atoms with E-state index in [9.17, 15) is 0 Å². The van der Waals surface area contributed by atoms with Crippen molar-refractivity contribution in [1.29, 1.82) is 0 Å². The lowest BCUT2D eigenvalue weighted by atomic mass is 10.0. The fourth-order valence-corrected chi connectivity index (χ4v) is 3.04. The van der Waals surface area contributed by atoms with Crippen LogP contribution < -0.4 is 20.5 Å². The van der Waals surface area contributed by atoms with Crippen molar-refractivity contribution in [3.05, 3.63) is 59.7 Å². The highest BCUT2D eigenvalue weighted by Crippen LogP contribution is 2.31. The van der Waals surface area contributed by atoms with Crippen molar-refractivity contribution in [1.82, 2.24) is 5.32 Å². The fourth-order valence-electron chi connectivity index (χ4n) is 3.04. The van der Waals surface area contributed by atoms with Gasteiger partial charge in [0.05, 0.1) is 19.3 Å². The molecule has 0 saturated carbocycles. The Hall–Kier alpha value is -2.69. The Labute approximate surface area is 161 Å². The molecule has 5 heteroatoms. The number of benzene rings is 2. The van der Waals surface area contributed by atoms with Crippen LogP contribution in [0.1, 0.15) is 37.4 Å². The maximum Gasteiger partial charge on any atom is 0.189 e. The summed E-state index contributed by atoms with van der Waals surface area (Å²) < 4.78 is 11.4. The normalized spacial score (nSPS) is 16.6. The van der Waals surface area contributed by atoms with Gasteiger partial charge in [-0.2, -0.15) is 0 Å². The van der Waals surface area contributed by atoms with Crippen LogP contribution in [0.4, 0.5) is 0 Å². The number of hydrogen-bond acceptors (Lipinski definition) is 3. The SMILES string of the molecule is CC(C)COc1ccc(CCN=C(N)NC2CCOc3ccccc32)cc1. The predicted molar refractivity (Wildman–Crippen MR) is 109 cm³/mol. The predicted octanol–water partition coefficient (Wildman–Crippen LogP) is 3.69. The Kier molecular flexibility index (Phi) is 6.58. The molecular weight excluding hydrogens is 338 g/mol. The van der Waals surface area contributed by atoms with E-state index in [0.717, 1.165) is 36.5 Å². The van der Waals surface area contributed by atoms with Gasteiger partial charge in [0.25, 0.3) is 0 Å². The number of fused-ring (bicyclic) bond motifs is 1. The van der Waals surface area contributed by atoms with Gasteiger partial charge < -0.3 is 20.5 Å². The second-order valence-electron chi connectivity index (χ2n) is 7.24. The van der Waals surface area contributed by atoms with Crippen molar-refractivity contribution in [3.63, 3.8) is 0 Å². The van der Waals surface area contributed by atoms with E-state index in [-0.39, 0.29) is 6.04 Å². The average Bonchev–Trinajstić information content (AvgIpc) is 2.67. The van der Waals surface area contributed by atoms with Gasteiger partial charge in [-0.05, 0) is 36.1 Å². The quantitative estimate of drug-likeness (QED) is 0.578. The van der Waals surface area contributed by atoms with E-state index in [4.69, 9.17) is 15.2 Å². The summed E-state index contributed by atoms with van der Waals surface area (Å²) in [6.45, 7) is 6.36. The zero-order chi connectivity index (χ0) is 19.1. The number of para-hydroxylation sites is 1. The van der Waals surface area contributed by atoms with Crippen molar-refractivity contribution in [2.75, 3.05) is 19.8 Å². The van der Waals surface area contributed by atoms with Crippen LogP contribution in [0.25, 0.3) is 0 Å². The summed E-state index contributed by atoms with van der Waals surface area (Å²) in [5.41, 5.74) is 8.46. The van der Waals surface area contributed by atoms with Crippen LogP contribution in [0, 0.1) is 5.92 Å². The molecule has 5 nitrogen and oxygen atoms in total. The summed E-state index contributed by atoms with van der Waals surface area (Å²) in [5, 5.41) is 3.33. The second-order valence-corrected chi connectivity index (χ2v) is 7.24. The van der Waals surface area contributed by atoms with Crippen molar-refractivity contribution in [3.8, 4) is 11.5 Å². The number of nitrogens with one attached hydrogen (secondary N) is 1. The van der Waals surface area contributed by atoms with Crippen LogP contribution in [-0.2, 0) is 6.42 Å². The van der Waals surface area contributed by atoms with Crippen LogP contribution in [0.3, 0.4) is 0 Å². The topological polar surface area (TPSA) is 68.9 Å². The molecule has 1 aliphatic rings. The van der Waals surface area contributed by atoms with Crippen molar-refractivity contribution < 1.29 is 9.47 Å². The Bertz CT molecular complexity index is 756. The van der Waals surface area contributed by atoms with Gasteiger partial charge in [0.2, 0.25) is 0 Å². The van der Waals surface area contributed by atoms with E-state index >= 15 is 0 Å². The molecule has 1 aliphatic heterocycles. The third-order valence-electron chi connectivity index (χ3n) is 4.47. The molecule has 0 bridgehead atoms. The number of rotatable bonds is 7. The van der Waals surface area contributed by atoms with Gasteiger partial charge in [-0.3, -0.25) is 4.99 Å². The van der Waals surface area contributed by atoms with Gasteiger partial charge in [-0.15, -0.1) is 0 Å². The van der Waals surface area contributed by atoms with Crippen LogP contribution in [0.15, 0.2) is 53.5 Å². The van der Waals surface area contributed by atoms with Crippen LogP contribution in [0.2, 0.25) is 0 Å². The summed E-state index contributed by atoms with van der Waals surface area (Å²) in [5.74, 6) is 2.84. The molecule has 144 valence electrons. The van der Waals surface area contributed by atoms with Crippen molar-refractivity contribution >= 4 is 5.96 Å². The standard InChI is InChI=1S/C22H29N3O2/c1-16(2)15-27-18-9-7-17(8-10-18)11-13-24-22(23)25-20-12-14-26-21-6-4-3-5-19(20)21/h3-10,16,20H,11-15H2,1-2H3,(H3,23,24,25). The Morgan fingerprint density at radius 1 is 1.22 bits per heavy atom. The Morgan fingerprint density at radius 2 is 2.00 bits per heavy atom. The second kappa shape index (κ2) is 9.31. The first kappa shape index (κ1) is 19.1. The highest BCUT2D eigenvalue weighted by Gasteiger charge is 2.21. The number of guanidine groups is 1. The molecule has 1 heterocycles. The first-order chi connectivity index (χ1) is 13.1. The number of aliphatic imine (C=N–C) groups is 1. The lowest BCUT2D eigenvalue weighted by Crippen LogP contribution is -2.37. The average molecular weight is 367 g/mol. The molecule has 2 aromatic rings. The highest BCUT2D eigenvalue weighted by molar-refractivity contribution is 5.78. The molecule has 1 atom stereocenters. The molecule has 0 radical (unpaired) electrons. The van der Waals surface area contributed by atoms with E-state index in [1.54, 1.807) is 0 Å². The summed E-state index contributed by atoms with van der Waals surface area (Å²) in [7, 11) is 0. The zero-order valence-corrected chi connectivity index (χ0v) is 16.2. The Morgan fingerprint density at radius 3 is 2.78 bits per heavy atom. The highest BCUT2D eigenvalue weighted by atomic mass is 16.5. The lowest BCUT2D eigenvalue weighted by Gasteiger charge is -2.26. The zero-order valence-electron chi connectivity index (χ0n) is 16.2. The third kappa shape index (κ3) is 5.64. The van der Waals surface area contributed by atoms with Gasteiger partial charge in [0.1, 0.15) is 11.5 Å². The van der Waals surface area contributed by atoms with E-state index < -0.39 is 0 Å². The minimum absolute atomic E-state index is 0.149. The molecule has 27 heavy (non-hydrogen) atoms. The van der Waals surface area contributed by atoms with Gasteiger partial charge in [0.15, 0.2) is 5.96 Å². The lowest BCUT2D eigenvalue weighted by molar-refractivity contribution is 0.262. The molecule has 0 spiro atoms. The molecule has 0 amide bonds. The molecule has 3 rings (SSSR count). The fraction of sp³-hybridized carbons (Fsp3) is 0.409. The number of hydrogen-bond donors (Lipinski definition) is 2. The third-order valence-corrected chi connectivity index (χ3v) is 4.47. The molecular formula is C22H29N3O2.